The largest absolute Gasteiger partial charge is 0.0622 e. The Morgan fingerprint density at radius 3 is 2.33 bits per heavy atom. The Balaban J connectivity index is 2.09. The summed E-state index contributed by atoms with van der Waals surface area (Å²) in [5.74, 6) is -0.828. The number of rotatable bonds is 1. The Morgan fingerprint density at radius 1 is 0.933 bits per heavy atom. The zero-order valence-electron chi connectivity index (χ0n) is 10.5. The summed E-state index contributed by atoms with van der Waals surface area (Å²) in [5, 5.41) is 0. The Kier molecular flexibility index (Phi) is 1.61. The van der Waals surface area contributed by atoms with Gasteiger partial charge in [0.15, 0.2) is 0 Å². The van der Waals surface area contributed by atoms with Crippen molar-refractivity contribution in [1.82, 2.24) is 0 Å². The Hall–Kier alpha value is -1.56. The molecule has 0 spiro atoms. The van der Waals surface area contributed by atoms with E-state index in [-0.39, 0.29) is 0 Å². The lowest BCUT2D eigenvalue weighted by Gasteiger charge is -2.08. The second-order valence-corrected chi connectivity index (χ2v) is 3.91. The quantitative estimate of drug-likeness (QED) is 0.654. The van der Waals surface area contributed by atoms with Crippen molar-refractivity contribution >= 4 is 0 Å². The van der Waals surface area contributed by atoms with E-state index in [9.17, 15) is 0 Å². The van der Waals surface area contributed by atoms with Gasteiger partial charge in [-0.25, -0.2) is 0 Å². The molecular weight excluding hydrogens is 180 g/mol. The van der Waals surface area contributed by atoms with Crippen molar-refractivity contribution in [1.29, 1.82) is 0 Å². The van der Waals surface area contributed by atoms with Gasteiger partial charge in [-0.2, -0.15) is 0 Å². The van der Waals surface area contributed by atoms with Gasteiger partial charge in [-0.05, 0) is 35.4 Å². The number of fused-ring (bicyclic) bond motifs is 1. The van der Waals surface area contributed by atoms with Crippen molar-refractivity contribution in [2.24, 2.45) is 0 Å². The van der Waals surface area contributed by atoms with Crippen molar-refractivity contribution in [2.45, 2.75) is 18.7 Å². The molecule has 2 unspecified atom stereocenters. The lowest BCUT2D eigenvalue weighted by Crippen LogP contribution is -1.96. The molecule has 2 atom stereocenters. The van der Waals surface area contributed by atoms with Crippen molar-refractivity contribution in [3.8, 4) is 0 Å². The van der Waals surface area contributed by atoms with Gasteiger partial charge in [0.1, 0.15) is 0 Å². The lowest BCUT2D eigenvalue weighted by atomic mass is 9.96. The van der Waals surface area contributed by atoms with Crippen molar-refractivity contribution < 1.29 is 2.74 Å². The van der Waals surface area contributed by atoms with Gasteiger partial charge in [0.2, 0.25) is 0 Å². The van der Waals surface area contributed by atoms with Crippen LogP contribution < -0.4 is 0 Å². The highest BCUT2D eigenvalue weighted by Crippen LogP contribution is 2.33. The van der Waals surface area contributed by atoms with E-state index in [0.29, 0.717) is 6.42 Å². The average Bonchev–Trinajstić information content (AvgIpc) is 2.65. The number of hydrogen-bond donors (Lipinski definition) is 0. The van der Waals surface area contributed by atoms with Gasteiger partial charge in [0.05, 0.1) is 0 Å². The summed E-state index contributed by atoms with van der Waals surface area (Å²) in [6, 6.07) is 17.7. The van der Waals surface area contributed by atoms with Gasteiger partial charge >= 0.3 is 0 Å². The molecule has 0 fully saturated rings. The molecule has 0 nitrogen and oxygen atoms in total. The molecule has 0 radical (unpaired) electrons. The van der Waals surface area contributed by atoms with E-state index in [1.807, 2.05) is 54.6 Å². The van der Waals surface area contributed by atoms with E-state index in [0.717, 1.165) is 16.7 Å². The minimum atomic E-state index is -0.828. The fourth-order valence-electron chi connectivity index (χ4n) is 2.12. The monoisotopic (exact) mass is 196 g/mol. The summed E-state index contributed by atoms with van der Waals surface area (Å²) in [6.45, 7) is 0. The molecule has 0 N–H and O–H groups in total. The van der Waals surface area contributed by atoms with Crippen LogP contribution in [-0.4, -0.2) is 0 Å². The zero-order chi connectivity index (χ0) is 11.9. The third kappa shape index (κ3) is 1.56. The van der Waals surface area contributed by atoms with E-state index in [4.69, 9.17) is 2.74 Å². The van der Waals surface area contributed by atoms with Crippen LogP contribution in [0.25, 0.3) is 0 Å². The topological polar surface area (TPSA) is 0 Å². The van der Waals surface area contributed by atoms with E-state index >= 15 is 0 Å². The second kappa shape index (κ2) is 3.54. The molecule has 74 valence electrons. The van der Waals surface area contributed by atoms with Gasteiger partial charge in [0, 0.05) is 2.74 Å². The van der Waals surface area contributed by atoms with Crippen LogP contribution in [0.15, 0.2) is 54.6 Å². The van der Waals surface area contributed by atoms with Gasteiger partial charge in [-0.1, -0.05) is 54.6 Å². The molecule has 0 bridgehead atoms. The molecule has 1 aliphatic carbocycles. The SMILES string of the molecule is [2H]C1c2ccccc2CC1([2H])c1ccccc1. The molecule has 0 saturated heterocycles. The molecule has 2 aromatic rings. The van der Waals surface area contributed by atoms with Crippen molar-refractivity contribution in [3.05, 3.63) is 71.3 Å². The standard InChI is InChI=1S/C15H14/c1-2-6-12(7-3-1)15-10-13-8-4-5-9-14(13)11-15/h1-9,15H,10-11H2/i10D,15D. The molecule has 0 heterocycles. The maximum Gasteiger partial charge on any atom is 0.0359 e. The van der Waals surface area contributed by atoms with Gasteiger partial charge in [-0.3, -0.25) is 0 Å². The van der Waals surface area contributed by atoms with Crippen LogP contribution in [0.4, 0.5) is 0 Å². The van der Waals surface area contributed by atoms with Crippen LogP contribution >= 0.6 is 0 Å². The maximum absolute atomic E-state index is 8.63. The molecule has 0 saturated carbocycles. The zero-order valence-corrected chi connectivity index (χ0v) is 8.48. The predicted molar refractivity (Wildman–Crippen MR) is 63.0 cm³/mol. The highest BCUT2D eigenvalue weighted by Gasteiger charge is 2.21. The first-order valence-electron chi connectivity index (χ1n) is 6.35. The summed E-state index contributed by atoms with van der Waals surface area (Å²) in [7, 11) is 0. The third-order valence-corrected chi connectivity index (χ3v) is 2.91. The van der Waals surface area contributed by atoms with E-state index < -0.39 is 12.3 Å². The summed E-state index contributed by atoms with van der Waals surface area (Å²) >= 11 is 0. The minimum absolute atomic E-state index is 0.485. The van der Waals surface area contributed by atoms with Crippen LogP contribution in [0.5, 0.6) is 0 Å². The number of hydrogen-bond acceptors (Lipinski definition) is 0. The van der Waals surface area contributed by atoms with Crippen LogP contribution in [0, 0.1) is 0 Å². The Bertz CT molecular complexity index is 536. The Morgan fingerprint density at radius 2 is 1.60 bits per heavy atom. The summed E-state index contributed by atoms with van der Waals surface area (Å²) in [5.41, 5.74) is 3.09. The molecule has 0 heteroatoms. The Labute approximate surface area is 93.4 Å². The second-order valence-electron chi connectivity index (χ2n) is 3.91. The van der Waals surface area contributed by atoms with E-state index in [1.54, 1.807) is 0 Å². The summed E-state index contributed by atoms with van der Waals surface area (Å²) in [6.07, 6.45) is 0.155. The van der Waals surface area contributed by atoms with Gasteiger partial charge < -0.3 is 0 Å². The molecule has 0 aromatic heterocycles. The first-order chi connectivity index (χ1) is 8.22. The molecule has 0 aliphatic heterocycles. The van der Waals surface area contributed by atoms with Crippen LogP contribution in [0.2, 0.25) is 0 Å². The first-order valence-corrected chi connectivity index (χ1v) is 5.27. The summed E-state index contributed by atoms with van der Waals surface area (Å²) in [4.78, 5) is 0. The molecule has 0 amide bonds. The highest BCUT2D eigenvalue weighted by atomic mass is 14.3. The molecule has 2 aromatic carbocycles. The van der Waals surface area contributed by atoms with Crippen molar-refractivity contribution in [3.63, 3.8) is 0 Å². The normalized spacial score (nSPS) is 30.5. The molecule has 1 aliphatic rings. The maximum atomic E-state index is 8.63. The highest BCUT2D eigenvalue weighted by molar-refractivity contribution is 5.37. The van der Waals surface area contributed by atoms with E-state index in [1.165, 1.54) is 0 Å². The van der Waals surface area contributed by atoms with Crippen molar-refractivity contribution in [2.75, 3.05) is 0 Å². The predicted octanol–water partition coefficient (Wildman–Crippen LogP) is 3.57. The number of benzene rings is 2. The first kappa shape index (κ1) is 6.84. The molecular formula is C15H14. The fourth-order valence-corrected chi connectivity index (χ4v) is 2.12. The van der Waals surface area contributed by atoms with Crippen LogP contribution in [0.3, 0.4) is 0 Å². The van der Waals surface area contributed by atoms with Crippen LogP contribution in [-0.2, 0) is 12.8 Å². The third-order valence-electron chi connectivity index (χ3n) is 2.91. The smallest absolute Gasteiger partial charge is 0.0359 e. The van der Waals surface area contributed by atoms with E-state index in [2.05, 4.69) is 0 Å². The summed E-state index contributed by atoms with van der Waals surface area (Å²) < 4.78 is 16.9. The molecule has 3 rings (SSSR count). The van der Waals surface area contributed by atoms with Gasteiger partial charge in [-0.15, -0.1) is 0 Å². The fraction of sp³-hybridized carbons (Fsp3) is 0.200. The average molecular weight is 196 g/mol. The van der Waals surface area contributed by atoms with Gasteiger partial charge in [0.25, 0.3) is 0 Å². The minimum Gasteiger partial charge on any atom is -0.0622 e. The lowest BCUT2D eigenvalue weighted by molar-refractivity contribution is 0.742. The molecule has 15 heavy (non-hydrogen) atoms. The van der Waals surface area contributed by atoms with Crippen LogP contribution in [0.1, 0.15) is 25.3 Å².